The molecule has 2 aliphatic heterocycles. The predicted molar refractivity (Wildman–Crippen MR) is 110 cm³/mol. The van der Waals surface area contributed by atoms with E-state index >= 15 is 0 Å². The van der Waals surface area contributed by atoms with Gasteiger partial charge in [0.25, 0.3) is 5.91 Å². The minimum Gasteiger partial charge on any atom is -0.384 e. The minimum absolute atomic E-state index is 0.109. The van der Waals surface area contributed by atoms with Gasteiger partial charge in [-0.05, 0) is 43.0 Å². The van der Waals surface area contributed by atoms with Crippen molar-refractivity contribution >= 4 is 11.7 Å². The maximum atomic E-state index is 13.1. The van der Waals surface area contributed by atoms with Crippen molar-refractivity contribution in [2.75, 3.05) is 51.7 Å². The van der Waals surface area contributed by atoms with Crippen LogP contribution in [0.5, 0.6) is 0 Å². The highest BCUT2D eigenvalue weighted by Gasteiger charge is 2.26. The summed E-state index contributed by atoms with van der Waals surface area (Å²) in [5, 5.41) is 0. The molecule has 6 nitrogen and oxygen atoms in total. The van der Waals surface area contributed by atoms with E-state index in [1.165, 1.54) is 6.42 Å². The number of nitrogen functional groups attached to an aromatic ring is 1. The van der Waals surface area contributed by atoms with Gasteiger partial charge in [0.05, 0.1) is 18.9 Å². The van der Waals surface area contributed by atoms with Gasteiger partial charge in [-0.15, -0.1) is 0 Å². The lowest BCUT2D eigenvalue weighted by Gasteiger charge is -2.36. The lowest BCUT2D eigenvalue weighted by atomic mass is 9.96. The third kappa shape index (κ3) is 4.51. The van der Waals surface area contributed by atoms with Gasteiger partial charge in [0.2, 0.25) is 0 Å². The first-order valence-corrected chi connectivity index (χ1v) is 10.1. The predicted octanol–water partition coefficient (Wildman–Crippen LogP) is 2.52. The number of pyridine rings is 1. The summed E-state index contributed by atoms with van der Waals surface area (Å²) in [4.78, 5) is 22.0. The molecule has 1 aromatic heterocycles. The molecule has 2 aromatic rings. The molecular formula is C22H28N4O2. The van der Waals surface area contributed by atoms with Gasteiger partial charge in [-0.3, -0.25) is 9.69 Å². The molecule has 0 spiro atoms. The Morgan fingerprint density at radius 3 is 2.79 bits per heavy atom. The zero-order valence-corrected chi connectivity index (χ0v) is 16.2. The molecule has 28 heavy (non-hydrogen) atoms. The van der Waals surface area contributed by atoms with Crippen LogP contribution in [0.4, 0.5) is 5.82 Å². The number of morpholine rings is 1. The highest BCUT2D eigenvalue weighted by atomic mass is 16.5. The Kier molecular flexibility index (Phi) is 5.88. The monoisotopic (exact) mass is 380 g/mol. The van der Waals surface area contributed by atoms with Crippen LogP contribution in [-0.4, -0.2) is 66.6 Å². The minimum atomic E-state index is 0.109. The van der Waals surface area contributed by atoms with E-state index in [4.69, 9.17) is 10.5 Å². The van der Waals surface area contributed by atoms with Gasteiger partial charge >= 0.3 is 0 Å². The van der Waals surface area contributed by atoms with Crippen LogP contribution in [0.3, 0.4) is 0 Å². The summed E-state index contributed by atoms with van der Waals surface area (Å²) in [6.07, 6.45) is 2.26. The number of anilines is 1. The number of carbonyl (C=O) groups is 1. The normalized spacial score (nSPS) is 20.9. The molecular weight excluding hydrogens is 352 g/mol. The maximum absolute atomic E-state index is 13.1. The van der Waals surface area contributed by atoms with E-state index in [0.29, 0.717) is 17.3 Å². The smallest absolute Gasteiger partial charge is 0.253 e. The van der Waals surface area contributed by atoms with Crippen molar-refractivity contribution in [1.29, 1.82) is 0 Å². The lowest BCUT2D eigenvalue weighted by molar-refractivity contribution is 0.0224. The summed E-state index contributed by atoms with van der Waals surface area (Å²) < 4.78 is 5.44. The molecule has 4 rings (SSSR count). The van der Waals surface area contributed by atoms with Crippen LogP contribution in [0.2, 0.25) is 0 Å². The zero-order chi connectivity index (χ0) is 19.3. The molecule has 0 bridgehead atoms. The molecule has 6 heteroatoms. The number of rotatable bonds is 4. The second-order valence-electron chi connectivity index (χ2n) is 7.70. The Balaban J connectivity index is 1.44. The van der Waals surface area contributed by atoms with Crippen LogP contribution in [0, 0.1) is 5.92 Å². The van der Waals surface area contributed by atoms with Crippen LogP contribution in [0.1, 0.15) is 23.2 Å². The van der Waals surface area contributed by atoms with Crippen LogP contribution in [0.15, 0.2) is 42.5 Å². The fraction of sp³-hybridized carbons (Fsp3) is 0.455. The molecule has 1 atom stereocenters. The number of hydrogen-bond donors (Lipinski definition) is 1. The maximum Gasteiger partial charge on any atom is 0.253 e. The second-order valence-corrected chi connectivity index (χ2v) is 7.70. The van der Waals surface area contributed by atoms with Crippen molar-refractivity contribution in [2.45, 2.75) is 12.8 Å². The number of nitrogens with two attached hydrogens (primary N) is 1. The van der Waals surface area contributed by atoms with E-state index in [1.807, 2.05) is 41.3 Å². The highest BCUT2D eigenvalue weighted by molar-refractivity contribution is 5.95. The van der Waals surface area contributed by atoms with Crippen LogP contribution < -0.4 is 5.73 Å². The Morgan fingerprint density at radius 1 is 1.14 bits per heavy atom. The molecule has 2 N–H and O–H groups in total. The fourth-order valence-corrected chi connectivity index (χ4v) is 4.15. The lowest BCUT2D eigenvalue weighted by Crippen LogP contribution is -2.46. The van der Waals surface area contributed by atoms with Crippen molar-refractivity contribution in [3.05, 3.63) is 48.0 Å². The summed E-state index contributed by atoms with van der Waals surface area (Å²) in [6.45, 7) is 6.36. The molecule has 2 fully saturated rings. The number of ether oxygens (including phenoxy) is 1. The second kappa shape index (κ2) is 8.71. The molecule has 1 aromatic carbocycles. The highest BCUT2D eigenvalue weighted by Crippen LogP contribution is 2.23. The summed E-state index contributed by atoms with van der Waals surface area (Å²) in [5.74, 6) is 1.13. The molecule has 2 aliphatic rings. The van der Waals surface area contributed by atoms with Crippen LogP contribution >= 0.6 is 0 Å². The van der Waals surface area contributed by atoms with E-state index in [9.17, 15) is 4.79 Å². The molecule has 3 heterocycles. The average Bonchev–Trinajstić information content (AvgIpc) is 2.74. The van der Waals surface area contributed by atoms with Crippen molar-refractivity contribution in [1.82, 2.24) is 14.8 Å². The molecule has 0 unspecified atom stereocenters. The van der Waals surface area contributed by atoms with E-state index < -0.39 is 0 Å². The number of piperidine rings is 1. The third-order valence-corrected chi connectivity index (χ3v) is 5.60. The summed E-state index contributed by atoms with van der Waals surface area (Å²) >= 11 is 0. The van der Waals surface area contributed by atoms with Crippen molar-refractivity contribution < 1.29 is 9.53 Å². The van der Waals surface area contributed by atoms with Crippen molar-refractivity contribution in [3.63, 3.8) is 0 Å². The van der Waals surface area contributed by atoms with E-state index in [1.54, 1.807) is 6.07 Å². The molecule has 0 radical (unpaired) electrons. The number of carbonyl (C=O) groups excluding carboxylic acids is 1. The summed E-state index contributed by atoms with van der Waals surface area (Å²) in [6, 6.07) is 13.3. The number of likely N-dealkylation sites (tertiary alicyclic amines) is 1. The van der Waals surface area contributed by atoms with Crippen LogP contribution in [-0.2, 0) is 4.74 Å². The number of hydrogen-bond acceptors (Lipinski definition) is 5. The Labute approximate surface area is 166 Å². The van der Waals surface area contributed by atoms with E-state index in [-0.39, 0.29) is 5.91 Å². The first-order chi connectivity index (χ1) is 13.7. The SMILES string of the molecule is Nc1cccc(-c2cccc(C(=O)N3CCC[C@H](CN4CCOCC4)C3)c2)n1. The average molecular weight is 380 g/mol. The zero-order valence-electron chi connectivity index (χ0n) is 16.2. The quantitative estimate of drug-likeness (QED) is 0.882. The third-order valence-electron chi connectivity index (χ3n) is 5.60. The first kappa shape index (κ1) is 18.9. The van der Waals surface area contributed by atoms with Gasteiger partial charge < -0.3 is 15.4 Å². The van der Waals surface area contributed by atoms with Crippen molar-refractivity contribution in [2.24, 2.45) is 5.92 Å². The number of amides is 1. The molecule has 0 aliphatic carbocycles. The van der Waals surface area contributed by atoms with E-state index in [2.05, 4.69) is 9.88 Å². The summed E-state index contributed by atoms with van der Waals surface area (Å²) in [5.41, 5.74) is 8.23. The van der Waals surface area contributed by atoms with E-state index in [0.717, 1.165) is 63.6 Å². The number of benzene rings is 1. The largest absolute Gasteiger partial charge is 0.384 e. The van der Waals surface area contributed by atoms with Gasteiger partial charge in [0.15, 0.2) is 0 Å². The Morgan fingerprint density at radius 2 is 1.96 bits per heavy atom. The first-order valence-electron chi connectivity index (χ1n) is 10.1. The Bertz CT molecular complexity index is 820. The number of nitrogens with zero attached hydrogens (tertiary/aromatic N) is 3. The van der Waals surface area contributed by atoms with Gasteiger partial charge in [-0.25, -0.2) is 4.98 Å². The fourth-order valence-electron chi connectivity index (χ4n) is 4.15. The van der Waals surface area contributed by atoms with Gasteiger partial charge in [0.1, 0.15) is 5.82 Å². The molecule has 2 saturated heterocycles. The summed E-state index contributed by atoms with van der Waals surface area (Å²) in [7, 11) is 0. The topological polar surface area (TPSA) is 71.7 Å². The molecule has 0 saturated carbocycles. The van der Waals surface area contributed by atoms with Gasteiger partial charge in [0, 0.05) is 43.9 Å². The number of aromatic nitrogens is 1. The molecule has 148 valence electrons. The van der Waals surface area contributed by atoms with Crippen molar-refractivity contribution in [3.8, 4) is 11.3 Å². The molecule has 1 amide bonds. The van der Waals surface area contributed by atoms with Gasteiger partial charge in [-0.1, -0.05) is 18.2 Å². The van der Waals surface area contributed by atoms with Gasteiger partial charge in [-0.2, -0.15) is 0 Å². The Hall–Kier alpha value is -2.44. The van der Waals surface area contributed by atoms with Crippen LogP contribution in [0.25, 0.3) is 11.3 Å². The standard InChI is InChI=1S/C22H28N4O2/c23-21-8-2-7-20(24-21)18-5-1-6-19(14-18)22(27)26-9-3-4-17(16-26)15-25-10-12-28-13-11-25/h1-2,5-8,14,17H,3-4,9-13,15-16H2,(H2,23,24)/t17-/m1/s1.